The van der Waals surface area contributed by atoms with Gasteiger partial charge in [-0.2, -0.15) is 0 Å². The molecule has 0 saturated carbocycles. The van der Waals surface area contributed by atoms with Crippen LogP contribution in [0.1, 0.15) is 12.5 Å². The molecule has 0 unspecified atom stereocenters. The molecule has 0 aliphatic heterocycles. The first kappa shape index (κ1) is 20.1. The number of hydrogen-bond donors (Lipinski definition) is 0. The molecule has 0 atom stereocenters. The maximum Gasteiger partial charge on any atom is 0.248 e. The topological polar surface area (TPSA) is 72.1 Å². The minimum Gasteiger partial charge on any atom is -0.336 e. The first-order valence-corrected chi connectivity index (χ1v) is 9.80. The first-order valence-electron chi connectivity index (χ1n) is 9.05. The van der Waals surface area contributed by atoms with E-state index < -0.39 is 0 Å². The van der Waals surface area contributed by atoms with Crippen molar-refractivity contribution >= 4 is 40.7 Å². The first-order chi connectivity index (χ1) is 14.5. The van der Waals surface area contributed by atoms with Crippen molar-refractivity contribution in [3.05, 3.63) is 76.7 Å². The zero-order chi connectivity index (χ0) is 21.3. The van der Waals surface area contributed by atoms with Crippen molar-refractivity contribution in [2.24, 2.45) is 0 Å². The third-order valence-corrected chi connectivity index (χ3v) is 5.30. The lowest BCUT2D eigenvalue weighted by Crippen LogP contribution is -2.23. The molecule has 0 saturated heterocycles. The third-order valence-electron chi connectivity index (χ3n) is 4.55. The lowest BCUT2D eigenvalue weighted by atomic mass is 10.0. The Hall–Kier alpha value is -3.22. The number of hydrogen-bond acceptors (Lipinski definition) is 5. The smallest absolute Gasteiger partial charge is 0.248 e. The number of carbonyl (C=O) groups is 1. The van der Waals surface area contributed by atoms with Crippen LogP contribution in [0.2, 0.25) is 10.0 Å². The summed E-state index contributed by atoms with van der Waals surface area (Å²) in [5, 5.41) is 5.33. The van der Waals surface area contributed by atoms with Gasteiger partial charge in [-0.3, -0.25) is 4.79 Å². The highest BCUT2D eigenvalue weighted by atomic mass is 35.5. The van der Waals surface area contributed by atoms with E-state index in [1.165, 1.54) is 18.2 Å². The number of amides is 1. The highest BCUT2D eigenvalue weighted by molar-refractivity contribution is 6.34. The number of anilines is 2. The van der Waals surface area contributed by atoms with Crippen LogP contribution in [-0.2, 0) is 4.79 Å². The van der Waals surface area contributed by atoms with Gasteiger partial charge in [-0.25, -0.2) is 14.9 Å². The molecule has 8 heteroatoms. The molecule has 0 radical (unpaired) electrons. The van der Waals surface area contributed by atoms with Crippen LogP contribution in [-0.4, -0.2) is 21.0 Å². The van der Waals surface area contributed by atoms with Crippen molar-refractivity contribution in [3.8, 4) is 22.5 Å². The van der Waals surface area contributed by atoms with E-state index in [0.29, 0.717) is 32.7 Å². The Bertz CT molecular complexity index is 1230. The number of benzene rings is 2. The van der Waals surface area contributed by atoms with Crippen LogP contribution in [0.5, 0.6) is 0 Å². The van der Waals surface area contributed by atoms with E-state index in [4.69, 9.17) is 27.7 Å². The minimum absolute atomic E-state index is 0.219. The zero-order valence-electron chi connectivity index (χ0n) is 16.1. The Balaban J connectivity index is 1.98. The van der Waals surface area contributed by atoms with Gasteiger partial charge in [0.05, 0.1) is 22.0 Å². The molecule has 0 fully saturated rings. The van der Waals surface area contributed by atoms with Gasteiger partial charge in [0.2, 0.25) is 11.8 Å². The van der Waals surface area contributed by atoms with E-state index in [9.17, 15) is 4.79 Å². The van der Waals surface area contributed by atoms with Crippen molar-refractivity contribution in [2.75, 3.05) is 4.90 Å². The third kappa shape index (κ3) is 3.67. The fourth-order valence-electron chi connectivity index (χ4n) is 3.15. The fourth-order valence-corrected chi connectivity index (χ4v) is 3.49. The number of carbonyl (C=O) groups excluding carboxylic acids is 1. The Morgan fingerprint density at radius 1 is 1.07 bits per heavy atom. The van der Waals surface area contributed by atoms with E-state index in [2.05, 4.69) is 15.1 Å². The van der Waals surface area contributed by atoms with Crippen LogP contribution in [0, 0.1) is 6.92 Å². The van der Waals surface area contributed by atoms with Crippen LogP contribution in [0.15, 0.2) is 65.6 Å². The van der Waals surface area contributed by atoms with Crippen molar-refractivity contribution in [2.45, 2.75) is 13.8 Å². The van der Waals surface area contributed by atoms with Crippen molar-refractivity contribution in [1.82, 2.24) is 15.1 Å². The van der Waals surface area contributed by atoms with Crippen molar-refractivity contribution in [1.29, 1.82) is 0 Å². The zero-order valence-corrected chi connectivity index (χ0v) is 17.6. The summed E-state index contributed by atoms with van der Waals surface area (Å²) in [6.45, 7) is 3.34. The number of para-hydroxylation sites is 1. The summed E-state index contributed by atoms with van der Waals surface area (Å²) < 4.78 is 5.71. The Morgan fingerprint density at radius 3 is 2.53 bits per heavy atom. The maximum atomic E-state index is 12.7. The molecule has 0 N–H and O–H groups in total. The van der Waals surface area contributed by atoms with Crippen molar-refractivity contribution in [3.63, 3.8) is 0 Å². The van der Waals surface area contributed by atoms with Gasteiger partial charge >= 0.3 is 0 Å². The monoisotopic (exact) mass is 438 g/mol. The molecule has 4 aromatic rings. The fraction of sp³-hybridized carbons (Fsp3) is 0.0909. The summed E-state index contributed by atoms with van der Waals surface area (Å²) in [6, 6.07) is 14.3. The molecule has 6 nitrogen and oxygen atoms in total. The van der Waals surface area contributed by atoms with E-state index in [1.807, 2.05) is 19.1 Å². The van der Waals surface area contributed by atoms with Gasteiger partial charge < -0.3 is 4.52 Å². The summed E-state index contributed by atoms with van der Waals surface area (Å²) in [5.74, 6) is -0.0645. The minimum atomic E-state index is -0.284. The van der Waals surface area contributed by atoms with Gasteiger partial charge in [0.25, 0.3) is 0 Å². The molecule has 0 bridgehead atoms. The Kier molecular flexibility index (Phi) is 5.53. The highest BCUT2D eigenvalue weighted by Gasteiger charge is 2.29. The number of aromatic nitrogens is 3. The van der Waals surface area contributed by atoms with Gasteiger partial charge in [0, 0.05) is 23.7 Å². The second kappa shape index (κ2) is 8.26. The molecule has 1 amide bonds. The largest absolute Gasteiger partial charge is 0.336 e. The second-order valence-corrected chi connectivity index (χ2v) is 7.39. The molecule has 0 aliphatic rings. The molecule has 30 heavy (non-hydrogen) atoms. The summed E-state index contributed by atoms with van der Waals surface area (Å²) >= 11 is 12.6. The predicted molar refractivity (Wildman–Crippen MR) is 117 cm³/mol. The molecule has 2 heterocycles. The standard InChI is InChI=1S/C22H16Cl2N4O2/c1-13-11-15(7-8-16(13)23)21-20(18-9-10-25-12-26-18)22(30-27-21)28(14(2)29)19-6-4-3-5-17(19)24/h3-12H,1-2H3. The number of halogens is 2. The maximum absolute atomic E-state index is 12.7. The van der Waals surface area contributed by atoms with E-state index in [0.717, 1.165) is 11.1 Å². The molecule has 2 aromatic carbocycles. The molecular weight excluding hydrogens is 423 g/mol. The Morgan fingerprint density at radius 2 is 1.87 bits per heavy atom. The molecule has 150 valence electrons. The van der Waals surface area contributed by atoms with Gasteiger partial charge in [0.15, 0.2) is 0 Å². The van der Waals surface area contributed by atoms with E-state index >= 15 is 0 Å². The molecule has 4 rings (SSSR count). The van der Waals surface area contributed by atoms with Gasteiger partial charge in [-0.1, -0.05) is 46.6 Å². The normalized spacial score (nSPS) is 10.8. The second-order valence-electron chi connectivity index (χ2n) is 6.58. The van der Waals surface area contributed by atoms with Crippen LogP contribution in [0.3, 0.4) is 0 Å². The van der Waals surface area contributed by atoms with Crippen LogP contribution < -0.4 is 4.90 Å². The quantitative estimate of drug-likeness (QED) is 0.384. The lowest BCUT2D eigenvalue weighted by molar-refractivity contribution is -0.116. The number of nitrogens with zero attached hydrogens (tertiary/aromatic N) is 4. The molecular formula is C22H16Cl2N4O2. The number of rotatable bonds is 4. The van der Waals surface area contributed by atoms with Gasteiger partial charge in [0.1, 0.15) is 12.0 Å². The lowest BCUT2D eigenvalue weighted by Gasteiger charge is -2.20. The summed E-state index contributed by atoms with van der Waals surface area (Å²) in [7, 11) is 0. The van der Waals surface area contributed by atoms with Crippen LogP contribution in [0.25, 0.3) is 22.5 Å². The van der Waals surface area contributed by atoms with Gasteiger partial charge in [-0.05, 0) is 42.8 Å². The van der Waals surface area contributed by atoms with Crippen molar-refractivity contribution < 1.29 is 9.32 Å². The average molecular weight is 439 g/mol. The molecule has 2 aromatic heterocycles. The predicted octanol–water partition coefficient (Wildman–Crippen LogP) is 6.10. The van der Waals surface area contributed by atoms with Crippen LogP contribution >= 0.6 is 23.2 Å². The van der Waals surface area contributed by atoms with Crippen LogP contribution in [0.4, 0.5) is 11.6 Å². The van der Waals surface area contributed by atoms with Gasteiger partial charge in [-0.15, -0.1) is 0 Å². The molecule has 0 spiro atoms. The summed E-state index contributed by atoms with van der Waals surface area (Å²) in [6.07, 6.45) is 3.04. The van der Waals surface area contributed by atoms with E-state index in [1.54, 1.807) is 42.6 Å². The van der Waals surface area contributed by atoms with E-state index in [-0.39, 0.29) is 11.8 Å². The summed E-state index contributed by atoms with van der Waals surface area (Å²) in [5.41, 5.74) is 3.79. The number of aryl methyl sites for hydroxylation is 1. The highest BCUT2D eigenvalue weighted by Crippen LogP contribution is 2.43. The Labute approximate surface area is 183 Å². The summed E-state index contributed by atoms with van der Waals surface area (Å²) in [4.78, 5) is 22.4. The molecule has 0 aliphatic carbocycles. The SMILES string of the molecule is CC(=O)N(c1ccccc1Cl)c1onc(-c2ccc(Cl)c(C)c2)c1-c1ccncn1. The average Bonchev–Trinajstić information content (AvgIpc) is 3.16.